The Balaban J connectivity index is 1.53. The Labute approximate surface area is 149 Å². The monoisotopic (exact) mass is 358 g/mol. The largest absolute Gasteiger partial charge is 0.486 e. The van der Waals surface area contributed by atoms with E-state index < -0.39 is 0 Å². The second-order valence-electron chi connectivity index (χ2n) is 5.07. The van der Waals surface area contributed by atoms with Crippen molar-refractivity contribution in [3.8, 4) is 5.75 Å². The number of carbonyl (C=O) groups is 1. The third kappa shape index (κ3) is 4.81. The molecule has 1 amide bonds. The lowest BCUT2D eigenvalue weighted by Gasteiger charge is -2.04. The zero-order chi connectivity index (χ0) is 16.8. The third-order valence-corrected chi connectivity index (χ3v) is 4.26. The molecular weight excluding hydrogens is 344 g/mol. The number of aromatic nitrogens is 1. The number of para-hydroxylation sites is 1. The summed E-state index contributed by atoms with van der Waals surface area (Å²) >= 11 is 7.38. The molecule has 0 fully saturated rings. The van der Waals surface area contributed by atoms with Crippen molar-refractivity contribution >= 4 is 34.5 Å². The molecule has 24 heavy (non-hydrogen) atoms. The first-order valence-corrected chi connectivity index (χ1v) is 8.61. The average molecular weight is 359 g/mol. The van der Waals surface area contributed by atoms with E-state index >= 15 is 0 Å². The van der Waals surface area contributed by atoms with Crippen LogP contribution in [0.4, 0.5) is 5.69 Å². The van der Waals surface area contributed by atoms with Gasteiger partial charge in [-0.3, -0.25) is 4.79 Å². The van der Waals surface area contributed by atoms with Crippen LogP contribution in [0.3, 0.4) is 0 Å². The number of thiazole rings is 1. The standard InChI is InChI=1S/C18H15ClN2O2S/c19-13-5-4-6-14(9-13)20-17(22)10-15-12-24-18(21-15)11-23-16-7-2-1-3-8-16/h1-9,12H,10-11H2,(H,20,22). The molecule has 1 aromatic heterocycles. The normalized spacial score (nSPS) is 10.4. The first-order valence-electron chi connectivity index (χ1n) is 7.35. The van der Waals surface area contributed by atoms with E-state index in [0.29, 0.717) is 17.3 Å². The minimum absolute atomic E-state index is 0.127. The number of anilines is 1. The van der Waals surface area contributed by atoms with E-state index in [1.54, 1.807) is 24.3 Å². The Hall–Kier alpha value is -2.37. The highest BCUT2D eigenvalue weighted by molar-refractivity contribution is 7.09. The summed E-state index contributed by atoms with van der Waals surface area (Å²) in [5.74, 6) is 0.672. The van der Waals surface area contributed by atoms with Crippen molar-refractivity contribution in [2.75, 3.05) is 5.32 Å². The van der Waals surface area contributed by atoms with Gasteiger partial charge in [-0.2, -0.15) is 0 Å². The zero-order valence-corrected chi connectivity index (χ0v) is 14.3. The summed E-state index contributed by atoms with van der Waals surface area (Å²) in [5, 5.41) is 6.11. The van der Waals surface area contributed by atoms with E-state index in [2.05, 4.69) is 10.3 Å². The maximum Gasteiger partial charge on any atom is 0.230 e. The molecule has 3 rings (SSSR count). The van der Waals surface area contributed by atoms with Gasteiger partial charge in [0.1, 0.15) is 17.4 Å². The molecule has 0 aliphatic rings. The summed E-state index contributed by atoms with van der Waals surface area (Å²) < 4.78 is 5.65. The molecule has 6 heteroatoms. The predicted molar refractivity (Wildman–Crippen MR) is 96.7 cm³/mol. The lowest BCUT2D eigenvalue weighted by Crippen LogP contribution is -2.14. The summed E-state index contributed by atoms with van der Waals surface area (Å²) in [5.41, 5.74) is 1.40. The van der Waals surface area contributed by atoms with Crippen LogP contribution in [0.15, 0.2) is 60.0 Å². The Morgan fingerprint density at radius 3 is 2.79 bits per heavy atom. The number of amides is 1. The highest BCUT2D eigenvalue weighted by atomic mass is 35.5. The van der Waals surface area contributed by atoms with E-state index in [1.807, 2.05) is 35.7 Å². The Kier molecular flexibility index (Phi) is 5.46. The quantitative estimate of drug-likeness (QED) is 0.703. The molecule has 0 aliphatic heterocycles. The molecule has 0 bridgehead atoms. The molecule has 4 nitrogen and oxygen atoms in total. The molecule has 0 spiro atoms. The van der Waals surface area contributed by atoms with Crippen molar-refractivity contribution in [2.45, 2.75) is 13.0 Å². The predicted octanol–water partition coefficient (Wildman–Crippen LogP) is 4.56. The second-order valence-corrected chi connectivity index (χ2v) is 6.45. The van der Waals surface area contributed by atoms with Crippen LogP contribution in [-0.2, 0) is 17.8 Å². The average Bonchev–Trinajstić information content (AvgIpc) is 3.01. The van der Waals surface area contributed by atoms with Gasteiger partial charge < -0.3 is 10.1 Å². The van der Waals surface area contributed by atoms with Crippen LogP contribution in [-0.4, -0.2) is 10.9 Å². The molecule has 0 saturated heterocycles. The molecule has 0 radical (unpaired) electrons. The molecule has 2 aromatic carbocycles. The summed E-state index contributed by atoms with van der Waals surface area (Å²) in [6.07, 6.45) is 0.217. The lowest BCUT2D eigenvalue weighted by atomic mass is 10.3. The number of rotatable bonds is 6. The SMILES string of the molecule is O=C(Cc1csc(COc2ccccc2)n1)Nc1cccc(Cl)c1. The van der Waals surface area contributed by atoms with Gasteiger partial charge in [0.25, 0.3) is 0 Å². The van der Waals surface area contributed by atoms with Crippen molar-refractivity contribution in [3.63, 3.8) is 0 Å². The van der Waals surface area contributed by atoms with E-state index in [1.165, 1.54) is 11.3 Å². The fourth-order valence-corrected chi connectivity index (χ4v) is 2.99. The van der Waals surface area contributed by atoms with E-state index in [0.717, 1.165) is 16.5 Å². The molecule has 0 aliphatic carbocycles. The second kappa shape index (κ2) is 7.95. The zero-order valence-electron chi connectivity index (χ0n) is 12.7. The molecule has 0 saturated carbocycles. The van der Waals surface area contributed by atoms with Crippen molar-refractivity contribution in [2.24, 2.45) is 0 Å². The number of nitrogens with one attached hydrogen (secondary N) is 1. The van der Waals surface area contributed by atoms with Crippen molar-refractivity contribution in [1.29, 1.82) is 0 Å². The van der Waals surface area contributed by atoms with Crippen LogP contribution in [0.2, 0.25) is 5.02 Å². The first-order chi connectivity index (χ1) is 11.7. The highest BCUT2D eigenvalue weighted by Crippen LogP contribution is 2.17. The smallest absolute Gasteiger partial charge is 0.230 e. The van der Waals surface area contributed by atoms with E-state index in [-0.39, 0.29) is 12.3 Å². The molecule has 0 atom stereocenters. The number of ether oxygens (including phenoxy) is 1. The first kappa shape index (κ1) is 16.5. The molecule has 122 valence electrons. The number of halogens is 1. The van der Waals surface area contributed by atoms with E-state index in [9.17, 15) is 4.79 Å². The minimum Gasteiger partial charge on any atom is -0.486 e. The van der Waals surface area contributed by atoms with Crippen LogP contribution in [0.1, 0.15) is 10.7 Å². The van der Waals surface area contributed by atoms with Crippen LogP contribution >= 0.6 is 22.9 Å². The van der Waals surface area contributed by atoms with Gasteiger partial charge in [-0.15, -0.1) is 11.3 Å². The van der Waals surface area contributed by atoms with Gasteiger partial charge in [-0.25, -0.2) is 4.98 Å². The van der Waals surface area contributed by atoms with Gasteiger partial charge in [-0.1, -0.05) is 35.9 Å². The molecular formula is C18H15ClN2O2S. The molecule has 1 N–H and O–H groups in total. The molecule has 1 heterocycles. The fourth-order valence-electron chi connectivity index (χ4n) is 2.09. The Morgan fingerprint density at radius 1 is 1.17 bits per heavy atom. The number of carbonyl (C=O) groups excluding carboxylic acids is 1. The third-order valence-electron chi connectivity index (χ3n) is 3.15. The van der Waals surface area contributed by atoms with Gasteiger partial charge in [-0.05, 0) is 30.3 Å². The topological polar surface area (TPSA) is 51.2 Å². The highest BCUT2D eigenvalue weighted by Gasteiger charge is 2.09. The summed E-state index contributed by atoms with van der Waals surface area (Å²) in [4.78, 5) is 16.5. The van der Waals surface area contributed by atoms with Crippen molar-refractivity contribution < 1.29 is 9.53 Å². The van der Waals surface area contributed by atoms with Crippen LogP contribution < -0.4 is 10.1 Å². The summed E-state index contributed by atoms with van der Waals surface area (Å²) in [6, 6.07) is 16.6. The lowest BCUT2D eigenvalue weighted by molar-refractivity contribution is -0.115. The van der Waals surface area contributed by atoms with Crippen molar-refractivity contribution in [1.82, 2.24) is 4.98 Å². The van der Waals surface area contributed by atoms with Gasteiger partial charge in [0.05, 0.1) is 12.1 Å². The minimum atomic E-state index is -0.127. The Bertz CT molecular complexity index is 821. The number of hydrogen-bond donors (Lipinski definition) is 1. The maximum atomic E-state index is 12.1. The van der Waals surface area contributed by atoms with Crippen molar-refractivity contribution in [3.05, 3.63) is 75.7 Å². The maximum absolute atomic E-state index is 12.1. The van der Waals surface area contributed by atoms with Gasteiger partial charge in [0.15, 0.2) is 0 Å². The number of hydrogen-bond acceptors (Lipinski definition) is 4. The molecule has 0 unspecified atom stereocenters. The molecule has 3 aromatic rings. The fraction of sp³-hybridized carbons (Fsp3) is 0.111. The van der Waals surface area contributed by atoms with Gasteiger partial charge in [0.2, 0.25) is 5.91 Å². The van der Waals surface area contributed by atoms with Gasteiger partial charge in [0, 0.05) is 16.1 Å². The Morgan fingerprint density at radius 2 is 2.00 bits per heavy atom. The van der Waals surface area contributed by atoms with Crippen LogP contribution in [0.25, 0.3) is 0 Å². The summed E-state index contributed by atoms with van der Waals surface area (Å²) in [6.45, 7) is 0.393. The van der Waals surface area contributed by atoms with Crippen LogP contribution in [0, 0.1) is 0 Å². The number of nitrogens with zero attached hydrogens (tertiary/aromatic N) is 1. The van der Waals surface area contributed by atoms with E-state index in [4.69, 9.17) is 16.3 Å². The number of benzene rings is 2. The van der Waals surface area contributed by atoms with Crippen LogP contribution in [0.5, 0.6) is 5.75 Å². The van der Waals surface area contributed by atoms with Gasteiger partial charge >= 0.3 is 0 Å². The summed E-state index contributed by atoms with van der Waals surface area (Å²) in [7, 11) is 0.